The second kappa shape index (κ2) is 9.96. The number of pyridine rings is 1. The molecule has 1 heterocycles. The van der Waals surface area contributed by atoms with Gasteiger partial charge in [-0.2, -0.15) is 0 Å². The first kappa shape index (κ1) is 16.2. The van der Waals surface area contributed by atoms with E-state index in [4.69, 9.17) is 9.84 Å². The molecule has 0 aliphatic rings. The molecule has 1 rings (SSSR count). The van der Waals surface area contributed by atoms with Crippen molar-refractivity contribution in [2.45, 2.75) is 19.8 Å². The van der Waals surface area contributed by atoms with Gasteiger partial charge in [-0.1, -0.05) is 11.8 Å². The van der Waals surface area contributed by atoms with Crippen molar-refractivity contribution in [2.75, 3.05) is 26.4 Å². The Morgan fingerprint density at radius 1 is 1.55 bits per heavy atom. The standard InChI is InChI=1S/C15H20N2O3/c1-2-20-11-5-8-17-15(19)14-7-9-16-12-13(14)6-3-4-10-18/h7,9,12,18H,2,4-5,8,10-11H2,1H3,(H,17,19). The van der Waals surface area contributed by atoms with Gasteiger partial charge in [0.2, 0.25) is 0 Å². The number of carbonyl (C=O) groups excluding carboxylic acids is 1. The molecular weight excluding hydrogens is 256 g/mol. The summed E-state index contributed by atoms with van der Waals surface area (Å²) in [5.41, 5.74) is 1.07. The van der Waals surface area contributed by atoms with Crippen LogP contribution in [0.2, 0.25) is 0 Å². The van der Waals surface area contributed by atoms with E-state index in [9.17, 15) is 4.79 Å². The molecule has 0 saturated carbocycles. The molecule has 20 heavy (non-hydrogen) atoms. The smallest absolute Gasteiger partial charge is 0.252 e. The van der Waals surface area contributed by atoms with Crippen molar-refractivity contribution in [3.05, 3.63) is 29.6 Å². The minimum Gasteiger partial charge on any atom is -0.395 e. The van der Waals surface area contributed by atoms with Gasteiger partial charge in [0.25, 0.3) is 5.91 Å². The largest absolute Gasteiger partial charge is 0.395 e. The van der Waals surface area contributed by atoms with Crippen molar-refractivity contribution in [3.8, 4) is 11.8 Å². The lowest BCUT2D eigenvalue weighted by molar-refractivity contribution is 0.0944. The van der Waals surface area contributed by atoms with Crippen LogP contribution in [0.3, 0.4) is 0 Å². The molecule has 1 amide bonds. The van der Waals surface area contributed by atoms with E-state index >= 15 is 0 Å². The monoisotopic (exact) mass is 276 g/mol. The number of aromatic nitrogens is 1. The zero-order valence-corrected chi connectivity index (χ0v) is 11.7. The summed E-state index contributed by atoms with van der Waals surface area (Å²) < 4.78 is 5.20. The molecule has 0 saturated heterocycles. The SMILES string of the molecule is CCOCCCNC(=O)c1ccncc1C#CCCO. The van der Waals surface area contributed by atoms with Crippen LogP contribution in [-0.4, -0.2) is 42.4 Å². The number of aliphatic hydroxyl groups is 1. The Labute approximate surface area is 119 Å². The maximum atomic E-state index is 12.0. The number of aliphatic hydroxyl groups excluding tert-OH is 1. The number of ether oxygens (including phenoxy) is 1. The average Bonchev–Trinajstić information content (AvgIpc) is 2.47. The van der Waals surface area contributed by atoms with E-state index in [-0.39, 0.29) is 12.5 Å². The summed E-state index contributed by atoms with van der Waals surface area (Å²) in [5.74, 6) is 5.47. The fourth-order valence-electron chi connectivity index (χ4n) is 1.52. The summed E-state index contributed by atoms with van der Waals surface area (Å²) >= 11 is 0. The summed E-state index contributed by atoms with van der Waals surface area (Å²) in [5, 5.41) is 11.5. The summed E-state index contributed by atoms with van der Waals surface area (Å²) in [4.78, 5) is 16.0. The Balaban J connectivity index is 2.57. The molecule has 0 aromatic carbocycles. The van der Waals surface area contributed by atoms with Gasteiger partial charge in [-0.05, 0) is 19.4 Å². The van der Waals surface area contributed by atoms with Crippen molar-refractivity contribution >= 4 is 5.91 Å². The Bertz CT molecular complexity index is 477. The number of nitrogens with zero attached hydrogens (tertiary/aromatic N) is 1. The van der Waals surface area contributed by atoms with E-state index in [0.717, 1.165) is 6.42 Å². The average molecular weight is 276 g/mol. The fourth-order valence-corrected chi connectivity index (χ4v) is 1.52. The number of hydrogen-bond donors (Lipinski definition) is 2. The Kier molecular flexibility index (Phi) is 8.04. The molecule has 0 bridgehead atoms. The normalized spacial score (nSPS) is 9.70. The van der Waals surface area contributed by atoms with Gasteiger partial charge < -0.3 is 15.2 Å². The molecule has 0 unspecified atom stereocenters. The van der Waals surface area contributed by atoms with Gasteiger partial charge in [0.15, 0.2) is 0 Å². The third kappa shape index (κ3) is 5.83. The molecule has 0 fully saturated rings. The van der Waals surface area contributed by atoms with Crippen molar-refractivity contribution in [1.82, 2.24) is 10.3 Å². The molecule has 5 heteroatoms. The zero-order chi connectivity index (χ0) is 14.6. The highest BCUT2D eigenvalue weighted by Crippen LogP contribution is 2.05. The molecule has 2 N–H and O–H groups in total. The third-order valence-corrected chi connectivity index (χ3v) is 2.48. The van der Waals surface area contributed by atoms with Gasteiger partial charge in [0.1, 0.15) is 0 Å². The molecule has 108 valence electrons. The van der Waals surface area contributed by atoms with E-state index < -0.39 is 0 Å². The summed E-state index contributed by atoms with van der Waals surface area (Å²) in [6, 6.07) is 1.64. The number of rotatable bonds is 7. The quantitative estimate of drug-likeness (QED) is 0.575. The maximum absolute atomic E-state index is 12.0. The van der Waals surface area contributed by atoms with Gasteiger partial charge in [-0.15, -0.1) is 0 Å². The van der Waals surface area contributed by atoms with Gasteiger partial charge in [0, 0.05) is 38.6 Å². The number of nitrogens with one attached hydrogen (secondary N) is 1. The predicted molar refractivity (Wildman–Crippen MR) is 76.3 cm³/mol. The lowest BCUT2D eigenvalue weighted by Crippen LogP contribution is -2.26. The highest BCUT2D eigenvalue weighted by molar-refractivity contribution is 5.96. The van der Waals surface area contributed by atoms with E-state index in [1.54, 1.807) is 18.5 Å². The Morgan fingerprint density at radius 2 is 2.40 bits per heavy atom. The minimum atomic E-state index is -0.169. The van der Waals surface area contributed by atoms with Gasteiger partial charge in [0.05, 0.1) is 17.7 Å². The highest BCUT2D eigenvalue weighted by Gasteiger charge is 2.09. The maximum Gasteiger partial charge on any atom is 0.252 e. The van der Waals surface area contributed by atoms with E-state index in [1.807, 2.05) is 6.92 Å². The molecule has 1 aromatic heterocycles. The summed E-state index contributed by atoms with van der Waals surface area (Å²) in [6.45, 7) is 3.82. The van der Waals surface area contributed by atoms with Gasteiger partial charge in [-0.3, -0.25) is 9.78 Å². The van der Waals surface area contributed by atoms with Crippen LogP contribution in [0.4, 0.5) is 0 Å². The van der Waals surface area contributed by atoms with Crippen molar-refractivity contribution in [3.63, 3.8) is 0 Å². The Hall–Kier alpha value is -1.90. The number of amides is 1. The zero-order valence-electron chi connectivity index (χ0n) is 11.7. The predicted octanol–water partition coefficient (Wildman–Crippen LogP) is 0.972. The molecule has 0 aliphatic heterocycles. The first-order valence-corrected chi connectivity index (χ1v) is 6.69. The molecule has 0 radical (unpaired) electrons. The lowest BCUT2D eigenvalue weighted by atomic mass is 10.1. The van der Waals surface area contributed by atoms with E-state index in [0.29, 0.717) is 37.3 Å². The molecule has 5 nitrogen and oxygen atoms in total. The molecule has 1 aromatic rings. The Morgan fingerprint density at radius 3 is 3.15 bits per heavy atom. The number of carbonyl (C=O) groups is 1. The van der Waals surface area contributed by atoms with Crippen molar-refractivity contribution < 1.29 is 14.6 Å². The summed E-state index contributed by atoms with van der Waals surface area (Å²) in [6.07, 6.45) is 4.27. The van der Waals surface area contributed by atoms with Crippen LogP contribution in [0, 0.1) is 11.8 Å². The lowest BCUT2D eigenvalue weighted by Gasteiger charge is -2.06. The van der Waals surface area contributed by atoms with Crippen LogP contribution in [-0.2, 0) is 4.74 Å². The van der Waals surface area contributed by atoms with Crippen LogP contribution in [0.5, 0.6) is 0 Å². The topological polar surface area (TPSA) is 71.5 Å². The van der Waals surface area contributed by atoms with Crippen LogP contribution in [0.1, 0.15) is 35.7 Å². The molecule has 0 atom stereocenters. The number of hydrogen-bond acceptors (Lipinski definition) is 4. The first-order chi connectivity index (χ1) is 9.79. The highest BCUT2D eigenvalue weighted by atomic mass is 16.5. The fraction of sp³-hybridized carbons (Fsp3) is 0.467. The van der Waals surface area contributed by atoms with Crippen LogP contribution in [0.25, 0.3) is 0 Å². The third-order valence-electron chi connectivity index (χ3n) is 2.48. The van der Waals surface area contributed by atoms with Crippen LogP contribution in [0.15, 0.2) is 18.5 Å². The summed E-state index contributed by atoms with van der Waals surface area (Å²) in [7, 11) is 0. The first-order valence-electron chi connectivity index (χ1n) is 6.69. The van der Waals surface area contributed by atoms with Gasteiger partial charge >= 0.3 is 0 Å². The molecule has 0 aliphatic carbocycles. The van der Waals surface area contributed by atoms with Gasteiger partial charge in [-0.25, -0.2) is 0 Å². The van der Waals surface area contributed by atoms with E-state index in [2.05, 4.69) is 22.1 Å². The molecular formula is C15H20N2O3. The second-order valence-corrected chi connectivity index (χ2v) is 4.00. The van der Waals surface area contributed by atoms with Crippen molar-refractivity contribution in [2.24, 2.45) is 0 Å². The van der Waals surface area contributed by atoms with E-state index in [1.165, 1.54) is 0 Å². The minimum absolute atomic E-state index is 0.00617. The van der Waals surface area contributed by atoms with Crippen LogP contribution >= 0.6 is 0 Å². The molecule has 0 spiro atoms. The van der Waals surface area contributed by atoms with Crippen LogP contribution < -0.4 is 5.32 Å². The van der Waals surface area contributed by atoms with Crippen molar-refractivity contribution in [1.29, 1.82) is 0 Å². The second-order valence-electron chi connectivity index (χ2n) is 4.00.